The molecular weight excluding hydrogens is 475 g/mol. The van der Waals surface area contributed by atoms with E-state index in [1.807, 2.05) is 36.4 Å². The highest BCUT2D eigenvalue weighted by atomic mass is 19.1. The Morgan fingerprint density at radius 3 is 2.68 bits per heavy atom. The van der Waals surface area contributed by atoms with E-state index in [1.54, 1.807) is 22.8 Å². The van der Waals surface area contributed by atoms with Gasteiger partial charge in [-0.3, -0.25) is 4.79 Å². The smallest absolute Gasteiger partial charge is 0.306 e. The van der Waals surface area contributed by atoms with Crippen molar-refractivity contribution in [3.05, 3.63) is 72.2 Å². The molecule has 190 valence electrons. The van der Waals surface area contributed by atoms with Crippen LogP contribution in [0.4, 0.5) is 16.0 Å². The van der Waals surface area contributed by atoms with Gasteiger partial charge in [-0.05, 0) is 54.8 Å². The average molecular weight is 503 g/mol. The van der Waals surface area contributed by atoms with Crippen molar-refractivity contribution in [2.75, 3.05) is 42.6 Å². The van der Waals surface area contributed by atoms with Crippen LogP contribution in [0.3, 0.4) is 0 Å². The Kier molecular flexibility index (Phi) is 6.17. The first-order valence-corrected chi connectivity index (χ1v) is 12.5. The lowest BCUT2D eigenvalue weighted by Gasteiger charge is -2.36. The van der Waals surface area contributed by atoms with E-state index in [4.69, 9.17) is 14.8 Å². The molecule has 0 saturated carbocycles. The van der Waals surface area contributed by atoms with Gasteiger partial charge in [-0.25, -0.2) is 18.9 Å². The molecule has 37 heavy (non-hydrogen) atoms. The van der Waals surface area contributed by atoms with Gasteiger partial charge in [0.2, 0.25) is 0 Å². The summed E-state index contributed by atoms with van der Waals surface area (Å²) in [6, 6.07) is 16.1. The van der Waals surface area contributed by atoms with Gasteiger partial charge in [-0.1, -0.05) is 18.2 Å². The fourth-order valence-electron chi connectivity index (χ4n) is 5.16. The summed E-state index contributed by atoms with van der Waals surface area (Å²) in [6.45, 7) is 2.94. The number of halogens is 1. The molecule has 0 spiro atoms. The van der Waals surface area contributed by atoms with E-state index >= 15 is 0 Å². The number of pyridine rings is 1. The topological polar surface area (TPSA) is 96.1 Å². The molecule has 6 rings (SSSR count). The molecule has 1 aromatic carbocycles. The molecule has 2 aliphatic heterocycles. The van der Waals surface area contributed by atoms with Crippen LogP contribution in [0.1, 0.15) is 24.4 Å². The van der Waals surface area contributed by atoms with Crippen LogP contribution in [-0.4, -0.2) is 63.5 Å². The third-order valence-electron chi connectivity index (χ3n) is 7.17. The average Bonchev–Trinajstić information content (AvgIpc) is 3.36. The van der Waals surface area contributed by atoms with Crippen LogP contribution in [0.5, 0.6) is 0 Å². The molecular formula is C27H27FN6O3. The van der Waals surface area contributed by atoms with Gasteiger partial charge in [-0.15, -0.1) is 5.10 Å². The molecule has 2 fully saturated rings. The van der Waals surface area contributed by atoms with E-state index in [9.17, 15) is 14.3 Å². The lowest BCUT2D eigenvalue weighted by Crippen LogP contribution is -2.40. The number of carboxylic acids is 1. The number of carboxylic acid groups (broad SMARTS) is 1. The van der Waals surface area contributed by atoms with Crippen LogP contribution in [0.25, 0.3) is 17.0 Å². The number of nitrogens with zero attached hydrogens (tertiary/aromatic N) is 6. The number of aromatic nitrogens is 4. The van der Waals surface area contributed by atoms with Gasteiger partial charge in [0, 0.05) is 19.6 Å². The number of hydrogen-bond acceptors (Lipinski definition) is 7. The van der Waals surface area contributed by atoms with Crippen LogP contribution >= 0.6 is 0 Å². The highest BCUT2D eigenvalue weighted by Gasteiger charge is 2.28. The molecule has 0 bridgehead atoms. The summed E-state index contributed by atoms with van der Waals surface area (Å²) >= 11 is 0. The Labute approximate surface area is 213 Å². The van der Waals surface area contributed by atoms with Crippen molar-refractivity contribution in [2.24, 2.45) is 5.92 Å². The molecule has 10 heteroatoms. The van der Waals surface area contributed by atoms with Gasteiger partial charge in [-0.2, -0.15) is 0 Å². The molecule has 2 aliphatic rings. The minimum atomic E-state index is -0.728. The highest BCUT2D eigenvalue weighted by Crippen LogP contribution is 2.30. The molecule has 2 saturated heterocycles. The van der Waals surface area contributed by atoms with Crippen LogP contribution in [0.15, 0.2) is 60.8 Å². The van der Waals surface area contributed by atoms with Crippen molar-refractivity contribution in [2.45, 2.75) is 18.9 Å². The van der Waals surface area contributed by atoms with E-state index < -0.39 is 5.97 Å². The number of benzene rings is 1. The molecule has 0 radical (unpaired) electrons. The van der Waals surface area contributed by atoms with Crippen LogP contribution in [-0.2, 0) is 9.53 Å². The largest absolute Gasteiger partial charge is 0.481 e. The summed E-state index contributed by atoms with van der Waals surface area (Å²) in [6.07, 6.45) is 2.97. The Morgan fingerprint density at radius 2 is 1.86 bits per heavy atom. The van der Waals surface area contributed by atoms with Gasteiger partial charge in [0.25, 0.3) is 0 Å². The zero-order valence-electron chi connectivity index (χ0n) is 20.2. The lowest BCUT2D eigenvalue weighted by atomic mass is 9.97. The number of anilines is 2. The molecule has 5 heterocycles. The third kappa shape index (κ3) is 4.60. The fourth-order valence-corrected chi connectivity index (χ4v) is 5.16. The Balaban J connectivity index is 1.31. The summed E-state index contributed by atoms with van der Waals surface area (Å²) < 4.78 is 21.5. The minimum absolute atomic E-state index is 0.156. The summed E-state index contributed by atoms with van der Waals surface area (Å²) in [5.41, 5.74) is 3.03. The maximum Gasteiger partial charge on any atom is 0.306 e. The normalized spacial score (nSPS) is 18.9. The van der Waals surface area contributed by atoms with Gasteiger partial charge in [0.15, 0.2) is 5.65 Å². The number of piperidine rings is 1. The van der Waals surface area contributed by atoms with Crippen molar-refractivity contribution >= 4 is 23.3 Å². The van der Waals surface area contributed by atoms with Gasteiger partial charge in [0.05, 0.1) is 37.1 Å². The van der Waals surface area contributed by atoms with Crippen molar-refractivity contribution in [3.8, 4) is 11.4 Å². The number of fused-ring (bicyclic) bond motifs is 1. The SMILES string of the molecule is O=C(O)C1CCN(c2cccc(-c3cnc4ccc(N5CCOCC5c5cccc(F)c5)nn34)n2)CC1. The quantitative estimate of drug-likeness (QED) is 0.440. The predicted molar refractivity (Wildman–Crippen MR) is 136 cm³/mol. The molecule has 0 aliphatic carbocycles. The van der Waals surface area contributed by atoms with E-state index in [-0.39, 0.29) is 17.8 Å². The minimum Gasteiger partial charge on any atom is -0.481 e. The number of rotatable bonds is 5. The molecule has 0 amide bonds. The van der Waals surface area contributed by atoms with Crippen LogP contribution in [0, 0.1) is 11.7 Å². The summed E-state index contributed by atoms with van der Waals surface area (Å²) in [5, 5.41) is 14.2. The first kappa shape index (κ1) is 23.4. The standard InChI is InChI=1S/C27H27FN6O3/c28-20-4-1-3-19(15-20)23-17-37-14-13-33(23)26-8-7-24-29-16-22(34(24)31-26)21-5-2-6-25(30-21)32-11-9-18(10-12-32)27(35)36/h1-8,15-16,18,23H,9-14,17H2,(H,35,36). The Hall–Kier alpha value is -4.05. The summed E-state index contributed by atoms with van der Waals surface area (Å²) in [4.78, 5) is 25.0. The molecule has 1 unspecified atom stereocenters. The second kappa shape index (κ2) is 9.78. The van der Waals surface area contributed by atoms with Gasteiger partial charge in [0.1, 0.15) is 23.1 Å². The molecule has 1 atom stereocenters. The van der Waals surface area contributed by atoms with Gasteiger partial charge >= 0.3 is 5.97 Å². The maximum absolute atomic E-state index is 14.0. The van der Waals surface area contributed by atoms with E-state index in [1.165, 1.54) is 6.07 Å². The first-order valence-electron chi connectivity index (χ1n) is 12.5. The van der Waals surface area contributed by atoms with E-state index in [2.05, 4.69) is 14.8 Å². The fraction of sp³-hybridized carbons (Fsp3) is 0.333. The van der Waals surface area contributed by atoms with Gasteiger partial charge < -0.3 is 19.6 Å². The Morgan fingerprint density at radius 1 is 1.03 bits per heavy atom. The molecule has 1 N–H and O–H groups in total. The van der Waals surface area contributed by atoms with E-state index in [0.29, 0.717) is 51.3 Å². The first-order chi connectivity index (χ1) is 18.1. The number of ether oxygens (including phenoxy) is 1. The zero-order valence-corrected chi connectivity index (χ0v) is 20.2. The zero-order chi connectivity index (χ0) is 25.4. The van der Waals surface area contributed by atoms with Crippen LogP contribution < -0.4 is 9.80 Å². The van der Waals surface area contributed by atoms with Crippen molar-refractivity contribution in [1.82, 2.24) is 19.6 Å². The van der Waals surface area contributed by atoms with Crippen molar-refractivity contribution in [1.29, 1.82) is 0 Å². The number of imidazole rings is 1. The molecule has 4 aromatic rings. The lowest BCUT2D eigenvalue weighted by molar-refractivity contribution is -0.142. The number of morpholine rings is 1. The third-order valence-corrected chi connectivity index (χ3v) is 7.17. The number of hydrogen-bond donors (Lipinski definition) is 1. The van der Waals surface area contributed by atoms with Crippen molar-refractivity contribution < 1.29 is 19.0 Å². The van der Waals surface area contributed by atoms with Crippen LogP contribution in [0.2, 0.25) is 0 Å². The second-order valence-corrected chi connectivity index (χ2v) is 9.42. The number of carbonyl (C=O) groups is 1. The Bertz CT molecular complexity index is 1430. The monoisotopic (exact) mass is 502 g/mol. The molecule has 9 nitrogen and oxygen atoms in total. The van der Waals surface area contributed by atoms with Crippen molar-refractivity contribution in [3.63, 3.8) is 0 Å². The number of aliphatic carboxylic acids is 1. The maximum atomic E-state index is 14.0. The predicted octanol–water partition coefficient (Wildman–Crippen LogP) is 3.81. The highest BCUT2D eigenvalue weighted by molar-refractivity contribution is 5.70. The molecule has 3 aromatic heterocycles. The summed E-state index contributed by atoms with van der Waals surface area (Å²) in [7, 11) is 0. The summed E-state index contributed by atoms with van der Waals surface area (Å²) in [5.74, 6) is 0.260. The van der Waals surface area contributed by atoms with E-state index in [0.717, 1.165) is 28.6 Å². The second-order valence-electron chi connectivity index (χ2n) is 9.42.